The lowest BCUT2D eigenvalue weighted by Crippen LogP contribution is -2.54. The smallest absolute Gasteiger partial charge is 0.253 e. The molecular weight excluding hydrogens is 370 g/mol. The molecule has 4 nitrogen and oxygen atoms in total. The molecule has 1 amide bonds. The second-order valence-electron chi connectivity index (χ2n) is 7.87. The van der Waals surface area contributed by atoms with E-state index in [0.717, 1.165) is 37.2 Å². The Bertz CT molecular complexity index is 765. The quantitative estimate of drug-likeness (QED) is 0.852. The van der Waals surface area contributed by atoms with Gasteiger partial charge in [0.1, 0.15) is 0 Å². The van der Waals surface area contributed by atoms with Crippen LogP contribution in [-0.4, -0.2) is 41.4 Å². The molecule has 4 rings (SSSR count). The van der Waals surface area contributed by atoms with Gasteiger partial charge in [0.2, 0.25) is 0 Å². The normalized spacial score (nSPS) is 22.2. The number of fused-ring (bicyclic) bond motifs is 1. The number of carbonyl (C=O) groups is 1. The molecule has 0 spiro atoms. The zero-order valence-electron chi connectivity index (χ0n) is 16.3. The molecule has 2 aliphatic heterocycles. The van der Waals surface area contributed by atoms with Crippen molar-refractivity contribution in [1.82, 2.24) is 9.80 Å². The topological polar surface area (TPSA) is 49.6 Å². The summed E-state index contributed by atoms with van der Waals surface area (Å²) in [6.07, 6.45) is 3.52. The molecule has 0 saturated carbocycles. The zero-order valence-corrected chi connectivity index (χ0v) is 17.1. The van der Waals surface area contributed by atoms with Crippen molar-refractivity contribution in [2.45, 2.75) is 38.4 Å². The molecule has 2 aliphatic rings. The number of nitrogens with zero attached hydrogens (tertiary/aromatic N) is 2. The van der Waals surface area contributed by atoms with Crippen molar-refractivity contribution in [3.05, 3.63) is 71.3 Å². The number of likely N-dealkylation sites (tertiary alicyclic amines) is 2. The fourth-order valence-corrected chi connectivity index (χ4v) is 4.67. The van der Waals surface area contributed by atoms with Crippen LogP contribution in [0.5, 0.6) is 0 Å². The molecule has 2 fully saturated rings. The number of rotatable bonds is 4. The maximum absolute atomic E-state index is 12.9. The lowest BCUT2D eigenvalue weighted by atomic mass is 9.83. The highest BCUT2D eigenvalue weighted by Crippen LogP contribution is 2.32. The van der Waals surface area contributed by atoms with Crippen LogP contribution in [0.3, 0.4) is 0 Å². The molecule has 0 bridgehead atoms. The minimum atomic E-state index is 0. The molecule has 2 heterocycles. The first kappa shape index (κ1) is 20.8. The van der Waals surface area contributed by atoms with E-state index in [1.807, 2.05) is 24.3 Å². The van der Waals surface area contributed by atoms with Crippen LogP contribution in [0.25, 0.3) is 0 Å². The standard InChI is InChI=1S/C23H29N3O.ClH/c24-15-18-8-10-20(11-9-18)23(27)26-14-12-22-21(17-26)7-4-13-25(22)16-19-5-2-1-3-6-19;/h1-3,5-6,8-11,21-22H,4,7,12-17,24H2;1H. The summed E-state index contributed by atoms with van der Waals surface area (Å²) >= 11 is 0. The van der Waals surface area contributed by atoms with Gasteiger partial charge in [0.05, 0.1) is 0 Å². The van der Waals surface area contributed by atoms with Gasteiger partial charge in [-0.2, -0.15) is 0 Å². The Kier molecular flexibility index (Phi) is 7.11. The summed E-state index contributed by atoms with van der Waals surface area (Å²) in [4.78, 5) is 17.6. The van der Waals surface area contributed by atoms with Crippen molar-refractivity contribution >= 4 is 18.3 Å². The van der Waals surface area contributed by atoms with Crippen LogP contribution in [0.4, 0.5) is 0 Å². The summed E-state index contributed by atoms with van der Waals surface area (Å²) in [6.45, 7) is 4.44. The second kappa shape index (κ2) is 9.55. The predicted molar refractivity (Wildman–Crippen MR) is 115 cm³/mol. The van der Waals surface area contributed by atoms with E-state index in [0.29, 0.717) is 18.5 Å². The van der Waals surface area contributed by atoms with E-state index in [1.54, 1.807) is 0 Å². The van der Waals surface area contributed by atoms with E-state index in [9.17, 15) is 4.79 Å². The summed E-state index contributed by atoms with van der Waals surface area (Å²) < 4.78 is 0. The lowest BCUT2D eigenvalue weighted by Gasteiger charge is -2.47. The Morgan fingerprint density at radius 3 is 2.43 bits per heavy atom. The molecular formula is C23H30ClN3O. The van der Waals surface area contributed by atoms with Crippen LogP contribution in [0.2, 0.25) is 0 Å². The monoisotopic (exact) mass is 399 g/mol. The SMILES string of the molecule is Cl.NCc1ccc(C(=O)N2CCC3C(CCCN3Cc3ccccc3)C2)cc1. The van der Waals surface area contributed by atoms with Crippen LogP contribution >= 0.6 is 12.4 Å². The number of hydrogen-bond donors (Lipinski definition) is 1. The van der Waals surface area contributed by atoms with Gasteiger partial charge in [-0.25, -0.2) is 0 Å². The molecule has 2 aromatic rings. The van der Waals surface area contributed by atoms with Gasteiger partial charge in [-0.05, 0) is 55.0 Å². The number of carbonyl (C=O) groups excluding carboxylic acids is 1. The molecule has 0 aromatic heterocycles. The Morgan fingerprint density at radius 2 is 1.71 bits per heavy atom. The zero-order chi connectivity index (χ0) is 18.6. The number of halogens is 1. The number of piperidine rings is 2. The van der Waals surface area contributed by atoms with Crippen LogP contribution in [-0.2, 0) is 13.1 Å². The van der Waals surface area contributed by atoms with Crippen molar-refractivity contribution in [3.63, 3.8) is 0 Å². The first-order valence-corrected chi connectivity index (χ1v) is 10.1. The molecule has 2 saturated heterocycles. The summed E-state index contributed by atoms with van der Waals surface area (Å²) in [5, 5.41) is 0. The van der Waals surface area contributed by atoms with Crippen LogP contribution in [0, 0.1) is 5.92 Å². The van der Waals surface area contributed by atoms with E-state index in [-0.39, 0.29) is 18.3 Å². The molecule has 28 heavy (non-hydrogen) atoms. The molecule has 2 atom stereocenters. The third-order valence-electron chi connectivity index (χ3n) is 6.14. The number of benzene rings is 2. The van der Waals surface area contributed by atoms with Gasteiger partial charge in [-0.3, -0.25) is 9.69 Å². The number of hydrogen-bond acceptors (Lipinski definition) is 3. The molecule has 0 aliphatic carbocycles. The first-order chi connectivity index (χ1) is 13.2. The highest BCUT2D eigenvalue weighted by molar-refractivity contribution is 5.94. The van der Waals surface area contributed by atoms with Crippen LogP contribution < -0.4 is 5.73 Å². The average Bonchev–Trinajstić information content (AvgIpc) is 2.74. The van der Waals surface area contributed by atoms with Crippen molar-refractivity contribution in [1.29, 1.82) is 0 Å². The molecule has 2 unspecified atom stereocenters. The van der Waals surface area contributed by atoms with Gasteiger partial charge >= 0.3 is 0 Å². The first-order valence-electron chi connectivity index (χ1n) is 10.1. The van der Waals surface area contributed by atoms with E-state index >= 15 is 0 Å². The van der Waals surface area contributed by atoms with Crippen molar-refractivity contribution < 1.29 is 4.79 Å². The fraction of sp³-hybridized carbons (Fsp3) is 0.435. The Balaban J connectivity index is 0.00000225. The Labute approximate surface area is 174 Å². The summed E-state index contributed by atoms with van der Waals surface area (Å²) in [6, 6.07) is 19.1. The van der Waals surface area contributed by atoms with E-state index < -0.39 is 0 Å². The van der Waals surface area contributed by atoms with Gasteiger partial charge in [0.15, 0.2) is 0 Å². The maximum Gasteiger partial charge on any atom is 0.253 e. The third-order valence-corrected chi connectivity index (χ3v) is 6.14. The van der Waals surface area contributed by atoms with Crippen molar-refractivity contribution in [2.24, 2.45) is 11.7 Å². The van der Waals surface area contributed by atoms with Crippen molar-refractivity contribution in [2.75, 3.05) is 19.6 Å². The average molecular weight is 400 g/mol. The van der Waals surface area contributed by atoms with Gasteiger partial charge in [-0.1, -0.05) is 42.5 Å². The summed E-state index contributed by atoms with van der Waals surface area (Å²) in [5.74, 6) is 0.751. The molecule has 2 N–H and O–H groups in total. The molecule has 150 valence electrons. The minimum absolute atomic E-state index is 0. The van der Waals surface area contributed by atoms with Gasteiger partial charge in [0.25, 0.3) is 5.91 Å². The molecule has 0 radical (unpaired) electrons. The largest absolute Gasteiger partial charge is 0.338 e. The Hall–Kier alpha value is -1.88. The van der Waals surface area contributed by atoms with Crippen molar-refractivity contribution in [3.8, 4) is 0 Å². The lowest BCUT2D eigenvalue weighted by molar-refractivity contribution is 0.0175. The minimum Gasteiger partial charge on any atom is -0.338 e. The number of nitrogens with two attached hydrogens (primary N) is 1. The van der Waals surface area contributed by atoms with Gasteiger partial charge in [-0.15, -0.1) is 12.4 Å². The van der Waals surface area contributed by atoms with E-state index in [1.165, 1.54) is 24.9 Å². The highest BCUT2D eigenvalue weighted by atomic mass is 35.5. The van der Waals surface area contributed by atoms with Gasteiger partial charge < -0.3 is 10.6 Å². The predicted octanol–water partition coefficient (Wildman–Crippen LogP) is 3.69. The van der Waals surface area contributed by atoms with Crippen LogP contribution in [0.15, 0.2) is 54.6 Å². The third kappa shape index (κ3) is 4.57. The highest BCUT2D eigenvalue weighted by Gasteiger charge is 2.37. The summed E-state index contributed by atoms with van der Waals surface area (Å²) in [5.41, 5.74) is 8.89. The molecule has 2 aromatic carbocycles. The fourth-order valence-electron chi connectivity index (χ4n) is 4.67. The van der Waals surface area contributed by atoms with E-state index in [4.69, 9.17) is 5.73 Å². The Morgan fingerprint density at radius 1 is 0.964 bits per heavy atom. The maximum atomic E-state index is 12.9. The molecule has 5 heteroatoms. The van der Waals surface area contributed by atoms with E-state index in [2.05, 4.69) is 40.1 Å². The second-order valence-corrected chi connectivity index (χ2v) is 7.87. The number of amides is 1. The van der Waals surface area contributed by atoms with Gasteiger partial charge in [0, 0.05) is 37.8 Å². The summed E-state index contributed by atoms with van der Waals surface area (Å²) in [7, 11) is 0. The van der Waals surface area contributed by atoms with Crippen LogP contribution in [0.1, 0.15) is 40.7 Å².